The van der Waals surface area contributed by atoms with Crippen LogP contribution in [0.15, 0.2) is 48.5 Å². The van der Waals surface area contributed by atoms with Crippen molar-refractivity contribution in [2.45, 2.75) is 32.1 Å². The molecule has 0 aliphatic carbocycles. The molecule has 4 rings (SSSR count). The van der Waals surface area contributed by atoms with Crippen molar-refractivity contribution in [2.75, 3.05) is 21.3 Å². The minimum Gasteiger partial charge on any atom is -0.497 e. The number of ether oxygens (including phenoxy) is 2. The molecular weight excluding hydrogens is 481 g/mol. The topological polar surface area (TPSA) is 115 Å². The molecule has 0 saturated carbocycles. The number of methoxy groups -OCH3 is 2. The second kappa shape index (κ2) is 10.3. The second-order valence-electron chi connectivity index (χ2n) is 8.88. The Kier molecular flexibility index (Phi) is 7.14. The summed E-state index contributed by atoms with van der Waals surface area (Å²) in [5.41, 5.74) is 0.428. The maximum Gasteiger partial charge on any atom is 0.272 e. The first-order chi connectivity index (χ1) is 17.7. The Morgan fingerprint density at radius 1 is 1.05 bits per heavy atom. The van der Waals surface area contributed by atoms with E-state index in [1.165, 1.54) is 41.9 Å². The number of nitrogens with one attached hydrogen (secondary N) is 2. The minimum atomic E-state index is -1.25. The molecule has 2 N–H and O–H groups in total. The van der Waals surface area contributed by atoms with Gasteiger partial charge in [0.15, 0.2) is 5.69 Å². The molecule has 37 heavy (non-hydrogen) atoms. The molecule has 0 saturated heterocycles. The Labute approximate surface area is 213 Å². The summed E-state index contributed by atoms with van der Waals surface area (Å²) in [5.74, 6) is -0.479. The first kappa shape index (κ1) is 25.7. The van der Waals surface area contributed by atoms with E-state index in [1.807, 2.05) is 0 Å². The highest BCUT2D eigenvalue weighted by atomic mass is 19.1. The summed E-state index contributed by atoms with van der Waals surface area (Å²) in [7, 11) is 4.61. The van der Waals surface area contributed by atoms with Crippen LogP contribution in [0.5, 0.6) is 11.5 Å². The lowest BCUT2D eigenvalue weighted by Crippen LogP contribution is -2.62. The summed E-state index contributed by atoms with van der Waals surface area (Å²) in [6.45, 7) is 2.00. The molecule has 3 aromatic rings. The number of amides is 3. The van der Waals surface area contributed by atoms with Gasteiger partial charge in [0.1, 0.15) is 28.5 Å². The first-order valence-corrected chi connectivity index (χ1v) is 11.5. The zero-order chi connectivity index (χ0) is 26.7. The van der Waals surface area contributed by atoms with E-state index < -0.39 is 23.3 Å². The molecule has 3 amide bonds. The number of hydrogen-bond acceptors (Lipinski definition) is 6. The average Bonchev–Trinajstić information content (AvgIpc) is 3.33. The molecule has 1 atom stereocenters. The SMILES string of the molecule is COc1ccc(OC)c(CNC(=O)c2cc3n(n2)C[C@](C)(C(=O)NCc2ccc(F)cc2)N(C)C3=O)c1. The fourth-order valence-corrected chi connectivity index (χ4v) is 4.10. The first-order valence-electron chi connectivity index (χ1n) is 11.5. The Bertz CT molecular complexity index is 1340. The lowest BCUT2D eigenvalue weighted by atomic mass is 9.96. The Balaban J connectivity index is 1.47. The predicted octanol–water partition coefficient (Wildman–Crippen LogP) is 2.13. The fraction of sp³-hybridized carbons (Fsp3) is 0.308. The number of likely N-dealkylation sites (N-methyl/N-ethyl adjacent to an activating group) is 1. The molecule has 10 nitrogen and oxygen atoms in total. The Morgan fingerprint density at radius 2 is 1.78 bits per heavy atom. The number of fused-ring (bicyclic) bond motifs is 1. The van der Waals surface area contributed by atoms with E-state index in [-0.39, 0.29) is 36.8 Å². The van der Waals surface area contributed by atoms with Crippen molar-refractivity contribution in [1.82, 2.24) is 25.3 Å². The molecule has 0 radical (unpaired) electrons. The summed E-state index contributed by atoms with van der Waals surface area (Å²) in [6, 6.07) is 12.4. The molecule has 1 aliphatic heterocycles. The van der Waals surface area contributed by atoms with Crippen LogP contribution < -0.4 is 20.1 Å². The van der Waals surface area contributed by atoms with Crippen LogP contribution in [-0.4, -0.2) is 59.2 Å². The second-order valence-corrected chi connectivity index (χ2v) is 8.88. The third-order valence-corrected chi connectivity index (χ3v) is 6.52. The number of hydrogen-bond donors (Lipinski definition) is 2. The van der Waals surface area contributed by atoms with Crippen LogP contribution in [0.2, 0.25) is 0 Å². The van der Waals surface area contributed by atoms with Crippen molar-refractivity contribution in [3.63, 3.8) is 0 Å². The standard InChI is InChI=1S/C26H28FN5O5/c1-26(25(35)29-13-16-5-7-18(27)8-6-16)15-32-21(24(34)31(26)2)12-20(30-32)23(33)28-14-17-11-19(36-3)9-10-22(17)37-4/h5-12H,13-15H2,1-4H3,(H,28,33)(H,29,35)/t26-/m1/s1. The summed E-state index contributed by atoms with van der Waals surface area (Å²) >= 11 is 0. The number of halogens is 1. The minimum absolute atomic E-state index is 0.0505. The maximum absolute atomic E-state index is 13.2. The molecular formula is C26H28FN5O5. The van der Waals surface area contributed by atoms with Gasteiger partial charge >= 0.3 is 0 Å². The van der Waals surface area contributed by atoms with Gasteiger partial charge < -0.3 is 25.0 Å². The van der Waals surface area contributed by atoms with Crippen molar-refractivity contribution >= 4 is 17.7 Å². The third kappa shape index (κ3) is 5.11. The highest BCUT2D eigenvalue weighted by Crippen LogP contribution is 2.27. The van der Waals surface area contributed by atoms with E-state index in [9.17, 15) is 18.8 Å². The van der Waals surface area contributed by atoms with Crippen molar-refractivity contribution in [3.05, 3.63) is 76.9 Å². The molecule has 1 aromatic heterocycles. The van der Waals surface area contributed by atoms with E-state index in [4.69, 9.17) is 9.47 Å². The van der Waals surface area contributed by atoms with Gasteiger partial charge in [0, 0.05) is 31.8 Å². The molecule has 11 heteroatoms. The van der Waals surface area contributed by atoms with Gasteiger partial charge in [-0.15, -0.1) is 0 Å². The van der Waals surface area contributed by atoms with Gasteiger partial charge in [0.2, 0.25) is 5.91 Å². The summed E-state index contributed by atoms with van der Waals surface area (Å²) in [4.78, 5) is 40.4. The molecule has 194 valence electrons. The molecule has 2 heterocycles. The molecule has 0 fully saturated rings. The van der Waals surface area contributed by atoms with Crippen molar-refractivity contribution in [3.8, 4) is 11.5 Å². The van der Waals surface area contributed by atoms with Crippen molar-refractivity contribution < 1.29 is 28.2 Å². The fourth-order valence-electron chi connectivity index (χ4n) is 4.10. The maximum atomic E-state index is 13.2. The quantitative estimate of drug-likeness (QED) is 0.481. The van der Waals surface area contributed by atoms with Crippen LogP contribution in [0.25, 0.3) is 0 Å². The van der Waals surface area contributed by atoms with Crippen LogP contribution in [0.1, 0.15) is 39.0 Å². The number of carbonyl (C=O) groups is 3. The van der Waals surface area contributed by atoms with Crippen LogP contribution >= 0.6 is 0 Å². The van der Waals surface area contributed by atoms with Crippen LogP contribution in [0.3, 0.4) is 0 Å². The molecule has 0 spiro atoms. The summed E-state index contributed by atoms with van der Waals surface area (Å²) < 4.78 is 25.1. The lowest BCUT2D eigenvalue weighted by molar-refractivity contribution is -0.132. The predicted molar refractivity (Wildman–Crippen MR) is 132 cm³/mol. The highest BCUT2D eigenvalue weighted by molar-refractivity contribution is 6.01. The number of aromatic nitrogens is 2. The molecule has 0 bridgehead atoms. The van der Waals surface area contributed by atoms with Crippen LogP contribution in [0.4, 0.5) is 4.39 Å². The summed E-state index contributed by atoms with van der Waals surface area (Å²) in [5, 5.41) is 9.89. The normalized spacial score (nSPS) is 16.7. The van der Waals surface area contributed by atoms with Gasteiger partial charge in [-0.2, -0.15) is 5.10 Å². The van der Waals surface area contributed by atoms with Gasteiger partial charge in [0.05, 0.1) is 20.8 Å². The van der Waals surface area contributed by atoms with E-state index in [1.54, 1.807) is 44.4 Å². The Morgan fingerprint density at radius 3 is 2.46 bits per heavy atom. The van der Waals surface area contributed by atoms with E-state index in [0.29, 0.717) is 17.1 Å². The zero-order valence-corrected chi connectivity index (χ0v) is 21.0. The van der Waals surface area contributed by atoms with Crippen LogP contribution in [0, 0.1) is 5.82 Å². The van der Waals surface area contributed by atoms with E-state index in [0.717, 1.165) is 5.56 Å². The number of benzene rings is 2. The molecule has 1 aliphatic rings. The number of nitrogens with zero attached hydrogens (tertiary/aromatic N) is 3. The monoisotopic (exact) mass is 509 g/mol. The van der Waals surface area contributed by atoms with Gasteiger partial charge in [-0.25, -0.2) is 4.39 Å². The smallest absolute Gasteiger partial charge is 0.272 e. The van der Waals surface area contributed by atoms with Crippen LogP contribution in [-0.2, 0) is 24.4 Å². The third-order valence-electron chi connectivity index (χ3n) is 6.52. The van der Waals surface area contributed by atoms with Gasteiger partial charge in [-0.1, -0.05) is 12.1 Å². The Hall–Kier alpha value is -4.41. The van der Waals surface area contributed by atoms with Crippen molar-refractivity contribution in [1.29, 1.82) is 0 Å². The highest BCUT2D eigenvalue weighted by Gasteiger charge is 2.46. The number of carbonyl (C=O) groups excluding carboxylic acids is 3. The average molecular weight is 510 g/mol. The molecule has 2 aromatic carbocycles. The summed E-state index contributed by atoms with van der Waals surface area (Å²) in [6.07, 6.45) is 0. The van der Waals surface area contributed by atoms with Gasteiger partial charge in [-0.3, -0.25) is 19.1 Å². The van der Waals surface area contributed by atoms with Crippen molar-refractivity contribution in [2.24, 2.45) is 0 Å². The van der Waals surface area contributed by atoms with E-state index >= 15 is 0 Å². The number of rotatable bonds is 8. The zero-order valence-electron chi connectivity index (χ0n) is 21.0. The lowest BCUT2D eigenvalue weighted by Gasteiger charge is -2.40. The van der Waals surface area contributed by atoms with Gasteiger partial charge in [-0.05, 0) is 42.8 Å². The van der Waals surface area contributed by atoms with E-state index in [2.05, 4.69) is 15.7 Å². The molecule has 0 unspecified atom stereocenters. The largest absolute Gasteiger partial charge is 0.497 e. The van der Waals surface area contributed by atoms with Gasteiger partial charge in [0.25, 0.3) is 11.8 Å².